The Morgan fingerprint density at radius 2 is 1.71 bits per heavy atom. The zero-order valence-electron chi connectivity index (χ0n) is 8.66. The van der Waals surface area contributed by atoms with Crippen molar-refractivity contribution in [2.24, 2.45) is 0 Å². The van der Waals surface area contributed by atoms with Gasteiger partial charge in [0, 0.05) is 13.5 Å². The summed E-state index contributed by atoms with van der Waals surface area (Å²) in [6.07, 6.45) is 1.19. The average Bonchev–Trinajstić information content (AvgIpc) is 2.20. The molecule has 3 heteroatoms. The molecule has 1 aliphatic rings. The summed E-state index contributed by atoms with van der Waals surface area (Å²) in [6.45, 7) is 0. The van der Waals surface area contributed by atoms with Crippen LogP contribution in [0.5, 0.6) is 11.5 Å². The Balaban J connectivity index is 2.38. The second-order valence-electron chi connectivity index (χ2n) is 3.33. The predicted molar refractivity (Wildman–Crippen MR) is 53.0 cm³/mol. The maximum atomic E-state index is 5.29. The van der Waals surface area contributed by atoms with Crippen LogP contribution in [-0.4, -0.2) is 21.3 Å². The lowest BCUT2D eigenvalue weighted by Crippen LogP contribution is -2.18. The first-order valence-electron chi connectivity index (χ1n) is 4.57. The lowest BCUT2D eigenvalue weighted by Gasteiger charge is -2.29. The molecule has 0 heterocycles. The van der Waals surface area contributed by atoms with Gasteiger partial charge in [-0.15, -0.1) is 0 Å². The molecule has 1 atom stereocenters. The third-order valence-corrected chi connectivity index (χ3v) is 2.68. The minimum atomic E-state index is 0.227. The first-order chi connectivity index (χ1) is 6.80. The van der Waals surface area contributed by atoms with Gasteiger partial charge in [-0.1, -0.05) is 0 Å². The van der Waals surface area contributed by atoms with Crippen LogP contribution in [0, 0.1) is 0 Å². The third-order valence-electron chi connectivity index (χ3n) is 2.68. The van der Waals surface area contributed by atoms with Gasteiger partial charge in [-0.25, -0.2) is 0 Å². The molecule has 1 aromatic carbocycles. The predicted octanol–water partition coefficient (Wildman–Crippen LogP) is 1.95. The lowest BCUT2D eigenvalue weighted by atomic mass is 9.85. The second kappa shape index (κ2) is 3.50. The highest BCUT2D eigenvalue weighted by Crippen LogP contribution is 2.42. The SMILES string of the molecule is COc1cc2c(cc1OC)C(OC)C2. The molecule has 0 radical (unpaired) electrons. The highest BCUT2D eigenvalue weighted by molar-refractivity contribution is 5.52. The average molecular weight is 194 g/mol. The Kier molecular flexibility index (Phi) is 2.33. The van der Waals surface area contributed by atoms with Crippen molar-refractivity contribution in [3.63, 3.8) is 0 Å². The number of benzene rings is 1. The van der Waals surface area contributed by atoms with Gasteiger partial charge in [0.05, 0.1) is 20.3 Å². The molecular formula is C11H14O3. The van der Waals surface area contributed by atoms with Gasteiger partial charge in [-0.2, -0.15) is 0 Å². The van der Waals surface area contributed by atoms with Crippen molar-refractivity contribution in [3.8, 4) is 11.5 Å². The summed E-state index contributed by atoms with van der Waals surface area (Å²) in [5, 5.41) is 0. The van der Waals surface area contributed by atoms with Gasteiger partial charge in [-0.3, -0.25) is 0 Å². The molecular weight excluding hydrogens is 180 g/mol. The zero-order valence-corrected chi connectivity index (χ0v) is 8.66. The van der Waals surface area contributed by atoms with E-state index in [0.717, 1.165) is 17.9 Å². The van der Waals surface area contributed by atoms with Gasteiger partial charge in [0.2, 0.25) is 0 Å². The normalized spacial score (nSPS) is 18.4. The van der Waals surface area contributed by atoms with Crippen molar-refractivity contribution < 1.29 is 14.2 Å². The topological polar surface area (TPSA) is 27.7 Å². The van der Waals surface area contributed by atoms with Crippen molar-refractivity contribution in [3.05, 3.63) is 23.3 Å². The monoisotopic (exact) mass is 194 g/mol. The summed E-state index contributed by atoms with van der Waals surface area (Å²) in [5.41, 5.74) is 2.50. The molecule has 1 unspecified atom stereocenters. The summed E-state index contributed by atoms with van der Waals surface area (Å²) < 4.78 is 15.7. The molecule has 0 bridgehead atoms. The van der Waals surface area contributed by atoms with Crippen LogP contribution in [0.25, 0.3) is 0 Å². The van der Waals surface area contributed by atoms with E-state index in [-0.39, 0.29) is 6.10 Å². The number of ether oxygens (including phenoxy) is 3. The number of rotatable bonds is 3. The van der Waals surface area contributed by atoms with E-state index in [1.807, 2.05) is 12.1 Å². The van der Waals surface area contributed by atoms with Gasteiger partial charge in [0.15, 0.2) is 11.5 Å². The standard InChI is InChI=1S/C11H14O3/c1-12-9-4-7-5-10(13-2)11(14-3)6-8(7)9/h5-6,9H,4H2,1-3H3. The molecule has 1 aliphatic carbocycles. The molecule has 0 spiro atoms. The Morgan fingerprint density at radius 3 is 2.29 bits per heavy atom. The fraction of sp³-hybridized carbons (Fsp3) is 0.455. The molecule has 76 valence electrons. The van der Waals surface area contributed by atoms with Crippen LogP contribution in [0.3, 0.4) is 0 Å². The van der Waals surface area contributed by atoms with E-state index >= 15 is 0 Å². The van der Waals surface area contributed by atoms with E-state index in [2.05, 4.69) is 0 Å². The highest BCUT2D eigenvalue weighted by atomic mass is 16.5. The molecule has 3 nitrogen and oxygen atoms in total. The summed E-state index contributed by atoms with van der Waals surface area (Å²) in [4.78, 5) is 0. The molecule has 0 saturated heterocycles. The van der Waals surface area contributed by atoms with Crippen molar-refractivity contribution >= 4 is 0 Å². The molecule has 0 saturated carbocycles. The van der Waals surface area contributed by atoms with E-state index in [0.29, 0.717) is 0 Å². The lowest BCUT2D eigenvalue weighted by molar-refractivity contribution is 0.0839. The van der Waals surface area contributed by atoms with Crippen LogP contribution in [0.15, 0.2) is 12.1 Å². The fourth-order valence-corrected chi connectivity index (χ4v) is 1.80. The van der Waals surface area contributed by atoms with Crippen LogP contribution in [0.1, 0.15) is 17.2 Å². The molecule has 0 fully saturated rings. The Labute approximate surface area is 83.6 Å². The Hall–Kier alpha value is -1.22. The Morgan fingerprint density at radius 1 is 1.07 bits per heavy atom. The van der Waals surface area contributed by atoms with Crippen LogP contribution in [0.4, 0.5) is 0 Å². The number of hydrogen-bond donors (Lipinski definition) is 0. The summed E-state index contributed by atoms with van der Waals surface area (Å²) in [7, 11) is 5.02. The molecule has 14 heavy (non-hydrogen) atoms. The summed E-state index contributed by atoms with van der Waals surface area (Å²) >= 11 is 0. The van der Waals surface area contributed by atoms with Crippen LogP contribution in [-0.2, 0) is 11.2 Å². The van der Waals surface area contributed by atoms with E-state index in [1.54, 1.807) is 21.3 Å². The maximum absolute atomic E-state index is 5.29. The first kappa shape index (κ1) is 9.34. The van der Waals surface area contributed by atoms with Gasteiger partial charge in [0.1, 0.15) is 0 Å². The second-order valence-corrected chi connectivity index (χ2v) is 3.33. The van der Waals surface area contributed by atoms with Crippen LogP contribution >= 0.6 is 0 Å². The van der Waals surface area contributed by atoms with E-state index in [4.69, 9.17) is 14.2 Å². The molecule has 0 aliphatic heterocycles. The number of methoxy groups -OCH3 is 3. The van der Waals surface area contributed by atoms with Gasteiger partial charge in [0.25, 0.3) is 0 Å². The molecule has 2 rings (SSSR count). The Bertz CT molecular complexity index is 347. The van der Waals surface area contributed by atoms with Crippen molar-refractivity contribution in [1.82, 2.24) is 0 Å². The van der Waals surface area contributed by atoms with Crippen LogP contribution in [0.2, 0.25) is 0 Å². The van der Waals surface area contributed by atoms with Crippen molar-refractivity contribution in [2.75, 3.05) is 21.3 Å². The van der Waals surface area contributed by atoms with E-state index < -0.39 is 0 Å². The van der Waals surface area contributed by atoms with Gasteiger partial charge < -0.3 is 14.2 Å². The molecule has 1 aromatic rings. The largest absolute Gasteiger partial charge is 0.493 e. The van der Waals surface area contributed by atoms with Crippen molar-refractivity contribution in [1.29, 1.82) is 0 Å². The van der Waals surface area contributed by atoms with Gasteiger partial charge >= 0.3 is 0 Å². The minimum Gasteiger partial charge on any atom is -0.493 e. The fourth-order valence-electron chi connectivity index (χ4n) is 1.80. The van der Waals surface area contributed by atoms with Crippen molar-refractivity contribution in [2.45, 2.75) is 12.5 Å². The first-order valence-corrected chi connectivity index (χ1v) is 4.57. The molecule has 0 aromatic heterocycles. The number of hydrogen-bond acceptors (Lipinski definition) is 3. The third kappa shape index (κ3) is 1.24. The minimum absolute atomic E-state index is 0.227. The maximum Gasteiger partial charge on any atom is 0.161 e. The summed E-state index contributed by atoms with van der Waals surface area (Å²) in [5.74, 6) is 1.56. The zero-order chi connectivity index (χ0) is 10.1. The summed E-state index contributed by atoms with van der Waals surface area (Å²) in [6, 6.07) is 4.01. The van der Waals surface area contributed by atoms with Crippen LogP contribution < -0.4 is 9.47 Å². The van der Waals surface area contributed by atoms with E-state index in [9.17, 15) is 0 Å². The highest BCUT2D eigenvalue weighted by Gasteiger charge is 2.28. The molecule has 0 amide bonds. The molecule has 0 N–H and O–H groups in total. The quantitative estimate of drug-likeness (QED) is 0.736. The smallest absolute Gasteiger partial charge is 0.161 e. The van der Waals surface area contributed by atoms with Gasteiger partial charge in [-0.05, 0) is 23.3 Å². The number of fused-ring (bicyclic) bond motifs is 1. The van der Waals surface area contributed by atoms with E-state index in [1.165, 1.54) is 11.1 Å².